The maximum Gasteiger partial charge on any atom is 0.278 e. The molecule has 0 atom stereocenters. The highest BCUT2D eigenvalue weighted by Crippen LogP contribution is 2.28. The van der Waals surface area contributed by atoms with Crippen LogP contribution >= 0.6 is 11.8 Å². The number of amides is 1. The Morgan fingerprint density at radius 3 is 2.47 bits per heavy atom. The molecule has 6 heteroatoms. The molecular weight excluding hydrogens is 394 g/mol. The van der Waals surface area contributed by atoms with Crippen molar-refractivity contribution in [3.63, 3.8) is 0 Å². The van der Waals surface area contributed by atoms with E-state index in [-0.39, 0.29) is 5.91 Å². The molecule has 5 nitrogen and oxygen atoms in total. The van der Waals surface area contributed by atoms with E-state index in [4.69, 9.17) is 4.74 Å². The molecule has 0 aliphatic carbocycles. The molecule has 0 unspecified atom stereocenters. The van der Waals surface area contributed by atoms with Crippen molar-refractivity contribution in [3.8, 4) is 5.75 Å². The molecule has 0 N–H and O–H groups in total. The molecule has 0 fully saturated rings. The minimum absolute atomic E-state index is 0.0941. The van der Waals surface area contributed by atoms with Crippen LogP contribution < -0.4 is 4.74 Å². The van der Waals surface area contributed by atoms with Crippen LogP contribution in [0.5, 0.6) is 5.75 Å². The summed E-state index contributed by atoms with van der Waals surface area (Å²) < 4.78 is 5.20. The number of pyridine rings is 1. The lowest BCUT2D eigenvalue weighted by Crippen LogP contribution is -2.30. The number of hydrogen-bond donors (Lipinski definition) is 0. The number of carbonyl (C=O) groups is 1. The predicted molar refractivity (Wildman–Crippen MR) is 121 cm³/mol. The van der Waals surface area contributed by atoms with Gasteiger partial charge in [-0.3, -0.25) is 14.7 Å². The summed E-state index contributed by atoms with van der Waals surface area (Å²) in [6.07, 6.45) is 5.40. The first-order valence-electron chi connectivity index (χ1n) is 9.55. The van der Waals surface area contributed by atoms with Crippen LogP contribution in [-0.4, -0.2) is 28.1 Å². The van der Waals surface area contributed by atoms with E-state index in [2.05, 4.69) is 9.98 Å². The Kier molecular flexibility index (Phi) is 6.25. The highest BCUT2D eigenvalue weighted by atomic mass is 32.2. The monoisotopic (exact) mass is 415 g/mol. The number of nitrogens with zero attached hydrogens (tertiary/aromatic N) is 3. The molecule has 1 amide bonds. The number of carbonyl (C=O) groups excluding carboxylic acids is 1. The van der Waals surface area contributed by atoms with E-state index in [1.165, 1.54) is 0 Å². The molecular formula is C24H21N3O2S. The first-order valence-corrected chi connectivity index (χ1v) is 10.5. The number of benzene rings is 2. The van der Waals surface area contributed by atoms with Crippen molar-refractivity contribution in [1.82, 2.24) is 9.88 Å². The third-order valence-corrected chi connectivity index (χ3v) is 5.65. The van der Waals surface area contributed by atoms with Crippen molar-refractivity contribution in [1.29, 1.82) is 0 Å². The minimum Gasteiger partial charge on any atom is -0.497 e. The molecule has 4 rings (SSSR count). The van der Waals surface area contributed by atoms with Gasteiger partial charge in [-0.2, -0.15) is 0 Å². The Morgan fingerprint density at radius 2 is 1.77 bits per heavy atom. The summed E-state index contributed by atoms with van der Waals surface area (Å²) in [6.45, 7) is 0.485. The van der Waals surface area contributed by atoms with E-state index in [9.17, 15) is 4.79 Å². The third kappa shape index (κ3) is 4.78. The fourth-order valence-corrected chi connectivity index (χ4v) is 3.97. The van der Waals surface area contributed by atoms with Gasteiger partial charge in [-0.15, -0.1) is 0 Å². The molecule has 1 aromatic heterocycles. The summed E-state index contributed by atoms with van der Waals surface area (Å²) in [7, 11) is 1.63. The van der Waals surface area contributed by atoms with Gasteiger partial charge in [0.2, 0.25) is 0 Å². The molecule has 3 aromatic rings. The number of hydrogen-bond acceptors (Lipinski definition) is 5. The highest BCUT2D eigenvalue weighted by molar-refractivity contribution is 8.13. The van der Waals surface area contributed by atoms with Crippen molar-refractivity contribution >= 4 is 28.9 Å². The van der Waals surface area contributed by atoms with Gasteiger partial charge in [0.25, 0.3) is 5.91 Å². The van der Waals surface area contributed by atoms with Crippen LogP contribution in [0, 0.1) is 0 Å². The second-order valence-corrected chi connectivity index (χ2v) is 7.67. The number of thioether (sulfide) groups is 1. The molecule has 0 radical (unpaired) electrons. The summed E-state index contributed by atoms with van der Waals surface area (Å²) in [5, 5.41) is 0.701. The smallest absolute Gasteiger partial charge is 0.278 e. The van der Waals surface area contributed by atoms with Crippen LogP contribution in [0.4, 0.5) is 0 Å². The van der Waals surface area contributed by atoms with Gasteiger partial charge in [-0.05, 0) is 41.0 Å². The fraction of sp³-hybridized carbons (Fsp3) is 0.125. The highest BCUT2D eigenvalue weighted by Gasteiger charge is 2.30. The molecule has 30 heavy (non-hydrogen) atoms. The Bertz CT molecular complexity index is 1060. The largest absolute Gasteiger partial charge is 0.497 e. The molecule has 150 valence electrons. The number of aliphatic imine (C=N–C) groups is 1. The summed E-state index contributed by atoms with van der Waals surface area (Å²) in [5.41, 5.74) is 3.49. The van der Waals surface area contributed by atoms with E-state index >= 15 is 0 Å². The Morgan fingerprint density at radius 1 is 1.00 bits per heavy atom. The topological polar surface area (TPSA) is 54.8 Å². The summed E-state index contributed by atoms with van der Waals surface area (Å²) in [5.74, 6) is 1.38. The van der Waals surface area contributed by atoms with E-state index < -0.39 is 0 Å². The average molecular weight is 416 g/mol. The SMILES string of the molecule is COc1ccc(/C=C2\N=C(SCc3cccnc3)N(Cc3ccccc3)C2=O)cc1. The van der Waals surface area contributed by atoms with Crippen LogP contribution in [0.15, 0.2) is 89.8 Å². The van der Waals surface area contributed by atoms with Crippen LogP contribution in [0.3, 0.4) is 0 Å². The normalized spacial score (nSPS) is 14.8. The Hall–Kier alpha value is -3.38. The first kappa shape index (κ1) is 19.9. The lowest BCUT2D eigenvalue weighted by molar-refractivity contribution is -0.122. The molecule has 1 aliphatic heterocycles. The van der Waals surface area contributed by atoms with Crippen molar-refractivity contribution in [2.75, 3.05) is 7.11 Å². The van der Waals surface area contributed by atoms with E-state index in [1.807, 2.05) is 79.0 Å². The van der Waals surface area contributed by atoms with Crippen molar-refractivity contribution in [2.45, 2.75) is 12.3 Å². The number of methoxy groups -OCH3 is 1. The van der Waals surface area contributed by atoms with Gasteiger partial charge in [0.05, 0.1) is 13.7 Å². The minimum atomic E-state index is -0.0941. The second kappa shape index (κ2) is 9.41. The molecule has 0 saturated heterocycles. The quantitative estimate of drug-likeness (QED) is 0.545. The second-order valence-electron chi connectivity index (χ2n) is 6.72. The molecule has 0 bridgehead atoms. The maximum atomic E-state index is 13.2. The third-order valence-electron chi connectivity index (χ3n) is 4.60. The number of aromatic nitrogens is 1. The van der Waals surface area contributed by atoms with Crippen molar-refractivity contribution in [3.05, 3.63) is 102 Å². The summed E-state index contributed by atoms with van der Waals surface area (Å²) in [4.78, 5) is 23.7. The maximum absolute atomic E-state index is 13.2. The van der Waals surface area contributed by atoms with Crippen molar-refractivity contribution < 1.29 is 9.53 Å². The van der Waals surface area contributed by atoms with Crippen molar-refractivity contribution in [2.24, 2.45) is 4.99 Å². The number of ether oxygens (including phenoxy) is 1. The fourth-order valence-electron chi connectivity index (χ4n) is 3.04. The molecule has 2 heterocycles. The number of rotatable bonds is 6. The van der Waals surface area contributed by atoms with Gasteiger partial charge in [0, 0.05) is 18.1 Å². The zero-order chi connectivity index (χ0) is 20.8. The number of amidine groups is 1. The average Bonchev–Trinajstić information content (AvgIpc) is 3.08. The zero-order valence-corrected chi connectivity index (χ0v) is 17.4. The van der Waals surface area contributed by atoms with Gasteiger partial charge >= 0.3 is 0 Å². The van der Waals surface area contributed by atoms with Crippen LogP contribution in [-0.2, 0) is 17.1 Å². The Labute approximate surface area is 180 Å². The summed E-state index contributed by atoms with van der Waals surface area (Å²) in [6, 6.07) is 21.5. The molecule has 1 aliphatic rings. The van der Waals surface area contributed by atoms with Gasteiger partial charge in [0.15, 0.2) is 5.17 Å². The van der Waals surface area contributed by atoms with E-state index in [0.717, 1.165) is 22.4 Å². The standard InChI is InChI=1S/C24H21N3O2S/c1-29-21-11-9-18(10-12-21)14-22-23(28)27(16-19-6-3-2-4-7-19)24(26-22)30-17-20-8-5-13-25-15-20/h2-15H,16-17H2,1H3/b22-14-. The lowest BCUT2D eigenvalue weighted by atomic mass is 10.1. The molecule has 0 spiro atoms. The predicted octanol–water partition coefficient (Wildman–Crippen LogP) is 4.76. The van der Waals surface area contributed by atoms with Crippen LogP contribution in [0.25, 0.3) is 6.08 Å². The van der Waals surface area contributed by atoms with Gasteiger partial charge in [-0.25, -0.2) is 4.99 Å². The zero-order valence-electron chi connectivity index (χ0n) is 16.6. The van der Waals surface area contributed by atoms with Gasteiger partial charge in [-0.1, -0.05) is 60.3 Å². The van der Waals surface area contributed by atoms with E-state index in [1.54, 1.807) is 30.0 Å². The Balaban J connectivity index is 1.59. The first-order chi connectivity index (χ1) is 14.7. The summed E-state index contributed by atoms with van der Waals surface area (Å²) >= 11 is 1.54. The molecule has 2 aromatic carbocycles. The molecule has 0 saturated carbocycles. The van der Waals surface area contributed by atoms with E-state index in [0.29, 0.717) is 23.2 Å². The van der Waals surface area contributed by atoms with Gasteiger partial charge < -0.3 is 4.74 Å². The van der Waals surface area contributed by atoms with Crippen LogP contribution in [0.1, 0.15) is 16.7 Å². The lowest BCUT2D eigenvalue weighted by Gasteiger charge is -2.17. The van der Waals surface area contributed by atoms with Gasteiger partial charge in [0.1, 0.15) is 11.4 Å². The van der Waals surface area contributed by atoms with Crippen LogP contribution in [0.2, 0.25) is 0 Å².